The van der Waals surface area contributed by atoms with Gasteiger partial charge in [-0.1, -0.05) is 0 Å². The molecule has 2 aliphatic rings. The van der Waals surface area contributed by atoms with Crippen LogP contribution in [0.3, 0.4) is 0 Å². The molecule has 1 aliphatic carbocycles. The fourth-order valence-electron chi connectivity index (χ4n) is 3.23. The van der Waals surface area contributed by atoms with Gasteiger partial charge < -0.3 is 9.80 Å². The number of hydrogen-bond donors (Lipinski definition) is 0. The average molecular weight is 360 g/mol. The van der Waals surface area contributed by atoms with Crippen LogP contribution in [0.1, 0.15) is 19.3 Å². The summed E-state index contributed by atoms with van der Waals surface area (Å²) < 4.78 is 1.37. The second kappa shape index (κ2) is 6.59. The zero-order chi connectivity index (χ0) is 17.4. The van der Waals surface area contributed by atoms with Crippen LogP contribution >= 0.6 is 11.3 Å². The predicted molar refractivity (Wildman–Crippen MR) is 94.4 cm³/mol. The van der Waals surface area contributed by atoms with E-state index < -0.39 is 0 Å². The molecule has 8 heteroatoms. The minimum atomic E-state index is -0.181. The summed E-state index contributed by atoms with van der Waals surface area (Å²) >= 11 is 1.41. The van der Waals surface area contributed by atoms with Crippen LogP contribution in [0.5, 0.6) is 0 Å². The second-order valence-corrected chi connectivity index (χ2v) is 7.55. The number of thiophene rings is 1. The Bertz CT molecular complexity index is 870. The molecule has 2 amide bonds. The molecule has 0 N–H and O–H groups in total. The van der Waals surface area contributed by atoms with Crippen molar-refractivity contribution in [2.75, 3.05) is 26.2 Å². The first-order valence-electron chi connectivity index (χ1n) is 8.62. The molecule has 0 radical (unpaired) electrons. The molecule has 0 atom stereocenters. The Morgan fingerprint density at radius 3 is 2.72 bits per heavy atom. The molecule has 2 aromatic rings. The Balaban J connectivity index is 1.42. The first kappa shape index (κ1) is 16.3. The molecule has 132 valence electrons. The highest BCUT2D eigenvalue weighted by Crippen LogP contribution is 2.31. The summed E-state index contributed by atoms with van der Waals surface area (Å²) in [5.74, 6) is 0.348. The molecule has 2 aromatic heterocycles. The van der Waals surface area contributed by atoms with E-state index in [1.807, 2.05) is 10.3 Å². The van der Waals surface area contributed by atoms with Gasteiger partial charge in [-0.25, -0.2) is 4.98 Å². The molecule has 4 rings (SSSR count). The summed E-state index contributed by atoms with van der Waals surface area (Å²) in [6.45, 7) is 2.43. The number of fused-ring (bicyclic) bond motifs is 1. The first-order chi connectivity index (χ1) is 12.1. The van der Waals surface area contributed by atoms with Crippen molar-refractivity contribution < 1.29 is 9.59 Å². The van der Waals surface area contributed by atoms with Gasteiger partial charge in [0, 0.05) is 32.1 Å². The zero-order valence-electron chi connectivity index (χ0n) is 13.9. The van der Waals surface area contributed by atoms with Crippen LogP contribution in [0.4, 0.5) is 0 Å². The van der Waals surface area contributed by atoms with E-state index in [2.05, 4.69) is 4.98 Å². The molecule has 2 fully saturated rings. The highest BCUT2D eigenvalue weighted by atomic mass is 32.1. The SMILES string of the molecule is O=C(Cn1cnc2sccc2c1=O)N1CCCN(C(=O)C2CC2)CC1. The summed E-state index contributed by atoms with van der Waals surface area (Å²) in [6.07, 6.45) is 4.22. The van der Waals surface area contributed by atoms with Gasteiger partial charge in [0.1, 0.15) is 11.4 Å². The van der Waals surface area contributed by atoms with Crippen LogP contribution in [0.2, 0.25) is 0 Å². The van der Waals surface area contributed by atoms with Crippen molar-refractivity contribution in [2.45, 2.75) is 25.8 Å². The van der Waals surface area contributed by atoms with Gasteiger partial charge in [0.25, 0.3) is 5.56 Å². The number of hydrogen-bond acceptors (Lipinski definition) is 5. The summed E-state index contributed by atoms with van der Waals surface area (Å²) in [5.41, 5.74) is -0.181. The molecular formula is C17H20N4O3S. The maximum absolute atomic E-state index is 12.6. The van der Waals surface area contributed by atoms with Crippen molar-refractivity contribution in [1.82, 2.24) is 19.4 Å². The van der Waals surface area contributed by atoms with Crippen molar-refractivity contribution in [1.29, 1.82) is 0 Å². The quantitative estimate of drug-likeness (QED) is 0.816. The lowest BCUT2D eigenvalue weighted by atomic mass is 10.3. The molecule has 1 saturated heterocycles. The van der Waals surface area contributed by atoms with Crippen molar-refractivity contribution in [3.05, 3.63) is 28.1 Å². The zero-order valence-corrected chi connectivity index (χ0v) is 14.7. The van der Waals surface area contributed by atoms with Gasteiger partial charge in [-0.2, -0.15) is 0 Å². The lowest BCUT2D eigenvalue weighted by Crippen LogP contribution is -2.40. The minimum Gasteiger partial charge on any atom is -0.341 e. The van der Waals surface area contributed by atoms with Crippen molar-refractivity contribution in [3.8, 4) is 0 Å². The highest BCUT2D eigenvalue weighted by molar-refractivity contribution is 7.16. The predicted octanol–water partition coefficient (Wildman–Crippen LogP) is 0.929. The van der Waals surface area contributed by atoms with Crippen molar-refractivity contribution in [2.24, 2.45) is 5.92 Å². The third-order valence-electron chi connectivity index (χ3n) is 4.84. The summed E-state index contributed by atoms with van der Waals surface area (Å²) in [5, 5.41) is 2.38. The average Bonchev–Trinajstić information content (AvgIpc) is 3.39. The van der Waals surface area contributed by atoms with E-state index in [9.17, 15) is 14.4 Å². The van der Waals surface area contributed by atoms with Crippen LogP contribution in [0, 0.1) is 5.92 Å². The molecule has 0 bridgehead atoms. The summed E-state index contributed by atoms with van der Waals surface area (Å²) in [7, 11) is 0. The standard InChI is InChI=1S/C17H20N4O3S/c22-14(10-21-11-18-15-13(17(21)24)4-9-25-15)19-5-1-6-20(8-7-19)16(23)12-2-3-12/h4,9,11-12H,1-3,5-8,10H2. The van der Waals surface area contributed by atoms with E-state index in [1.54, 1.807) is 11.0 Å². The Labute approximate surface area is 148 Å². The fourth-order valence-corrected chi connectivity index (χ4v) is 3.95. The van der Waals surface area contributed by atoms with Crippen LogP contribution in [0.25, 0.3) is 10.2 Å². The number of nitrogens with zero attached hydrogens (tertiary/aromatic N) is 4. The maximum Gasteiger partial charge on any atom is 0.262 e. The van der Waals surface area contributed by atoms with Crippen molar-refractivity contribution in [3.63, 3.8) is 0 Å². The van der Waals surface area contributed by atoms with E-state index in [0.717, 1.165) is 19.3 Å². The molecule has 0 unspecified atom stereocenters. The van der Waals surface area contributed by atoms with E-state index in [0.29, 0.717) is 36.4 Å². The number of rotatable bonds is 3. The van der Waals surface area contributed by atoms with Gasteiger partial charge in [-0.15, -0.1) is 11.3 Å². The van der Waals surface area contributed by atoms with Gasteiger partial charge >= 0.3 is 0 Å². The van der Waals surface area contributed by atoms with Crippen LogP contribution in [0.15, 0.2) is 22.6 Å². The van der Waals surface area contributed by atoms with Crippen LogP contribution in [-0.4, -0.2) is 57.3 Å². The Hall–Kier alpha value is -2.22. The monoisotopic (exact) mass is 360 g/mol. The fraction of sp³-hybridized carbons (Fsp3) is 0.529. The third-order valence-corrected chi connectivity index (χ3v) is 5.66. The lowest BCUT2D eigenvalue weighted by Gasteiger charge is -2.22. The van der Waals surface area contributed by atoms with Crippen molar-refractivity contribution >= 4 is 33.4 Å². The van der Waals surface area contributed by atoms with E-state index >= 15 is 0 Å². The molecule has 7 nitrogen and oxygen atoms in total. The number of carbonyl (C=O) groups is 2. The first-order valence-corrected chi connectivity index (χ1v) is 9.50. The molecule has 25 heavy (non-hydrogen) atoms. The highest BCUT2D eigenvalue weighted by Gasteiger charge is 2.34. The Morgan fingerprint density at radius 2 is 1.92 bits per heavy atom. The van der Waals surface area contributed by atoms with Gasteiger partial charge in [-0.05, 0) is 30.7 Å². The molecule has 0 spiro atoms. The van der Waals surface area contributed by atoms with Gasteiger partial charge in [0.05, 0.1) is 11.7 Å². The third kappa shape index (κ3) is 3.30. The van der Waals surface area contributed by atoms with E-state index in [1.165, 1.54) is 22.2 Å². The number of aromatic nitrogens is 2. The molecular weight excluding hydrogens is 340 g/mol. The van der Waals surface area contributed by atoms with Crippen LogP contribution in [-0.2, 0) is 16.1 Å². The molecule has 1 aliphatic heterocycles. The van der Waals surface area contributed by atoms with Gasteiger partial charge in [0.2, 0.25) is 11.8 Å². The topological polar surface area (TPSA) is 75.5 Å². The number of carbonyl (C=O) groups excluding carboxylic acids is 2. The molecule has 1 saturated carbocycles. The largest absolute Gasteiger partial charge is 0.341 e. The lowest BCUT2D eigenvalue weighted by molar-refractivity contribution is -0.134. The maximum atomic E-state index is 12.6. The summed E-state index contributed by atoms with van der Waals surface area (Å²) in [4.78, 5) is 45.8. The Morgan fingerprint density at radius 1 is 1.16 bits per heavy atom. The summed E-state index contributed by atoms with van der Waals surface area (Å²) in [6, 6.07) is 1.74. The van der Waals surface area contributed by atoms with E-state index in [-0.39, 0.29) is 29.8 Å². The number of amides is 2. The smallest absolute Gasteiger partial charge is 0.262 e. The molecule has 3 heterocycles. The van der Waals surface area contributed by atoms with Gasteiger partial charge in [-0.3, -0.25) is 19.0 Å². The molecule has 0 aromatic carbocycles. The normalized spacial score (nSPS) is 18.4. The Kier molecular flexibility index (Phi) is 4.29. The van der Waals surface area contributed by atoms with Gasteiger partial charge in [0.15, 0.2) is 0 Å². The van der Waals surface area contributed by atoms with Crippen LogP contribution < -0.4 is 5.56 Å². The van der Waals surface area contributed by atoms with E-state index in [4.69, 9.17) is 0 Å². The second-order valence-electron chi connectivity index (χ2n) is 6.65. The minimum absolute atomic E-state index is 0.00576.